The second kappa shape index (κ2) is 3.91. The van der Waals surface area contributed by atoms with Crippen LogP contribution in [0.4, 0.5) is 0 Å². The molecule has 0 bridgehead atoms. The molecule has 1 aliphatic heterocycles. The number of aliphatic hydroxyl groups is 1. The molecule has 1 rings (SSSR count). The zero-order valence-corrected chi connectivity index (χ0v) is 6.25. The Bertz CT molecular complexity index is 88.9. The van der Waals surface area contributed by atoms with Crippen molar-refractivity contribution >= 4 is 0 Å². The zero-order chi connectivity index (χ0) is 7.40. The van der Waals surface area contributed by atoms with Crippen LogP contribution in [-0.2, 0) is 9.47 Å². The molecule has 10 heavy (non-hydrogen) atoms. The average molecular weight is 146 g/mol. The number of hydrogen-bond donors (Lipinski definition) is 1. The molecule has 3 nitrogen and oxygen atoms in total. The van der Waals surface area contributed by atoms with E-state index in [1.54, 1.807) is 0 Å². The molecule has 1 aliphatic rings. The number of aliphatic hydroxyl groups excluding tert-OH is 1. The molecule has 0 spiro atoms. The molecule has 1 heterocycles. The maximum Gasteiger partial charge on any atom is 0.0856 e. The summed E-state index contributed by atoms with van der Waals surface area (Å²) in [5.41, 5.74) is 0. The van der Waals surface area contributed by atoms with Crippen LogP contribution < -0.4 is 0 Å². The van der Waals surface area contributed by atoms with E-state index in [4.69, 9.17) is 14.6 Å². The van der Waals surface area contributed by atoms with E-state index >= 15 is 0 Å². The summed E-state index contributed by atoms with van der Waals surface area (Å²) in [6, 6.07) is 0. The first kappa shape index (κ1) is 7.98. The highest BCUT2D eigenvalue weighted by molar-refractivity contribution is 4.67. The van der Waals surface area contributed by atoms with E-state index in [9.17, 15) is 0 Å². The molecule has 60 valence electrons. The van der Waals surface area contributed by atoms with Crippen LogP contribution in [0.3, 0.4) is 0 Å². The summed E-state index contributed by atoms with van der Waals surface area (Å²) < 4.78 is 10.5. The van der Waals surface area contributed by atoms with Crippen molar-refractivity contribution in [1.82, 2.24) is 0 Å². The summed E-state index contributed by atoms with van der Waals surface area (Å²) in [7, 11) is 0. The molecule has 2 atom stereocenters. The second-order valence-corrected chi connectivity index (χ2v) is 2.64. The highest BCUT2D eigenvalue weighted by atomic mass is 16.6. The van der Waals surface area contributed by atoms with Crippen LogP contribution >= 0.6 is 0 Å². The van der Waals surface area contributed by atoms with Gasteiger partial charge in [0, 0.05) is 12.5 Å². The van der Waals surface area contributed by atoms with Crippen molar-refractivity contribution in [2.75, 3.05) is 26.4 Å². The first-order valence-corrected chi connectivity index (χ1v) is 3.65. The molecule has 0 aliphatic carbocycles. The quantitative estimate of drug-likeness (QED) is 0.597. The van der Waals surface area contributed by atoms with Crippen molar-refractivity contribution in [3.8, 4) is 0 Å². The lowest BCUT2D eigenvalue weighted by Crippen LogP contribution is -2.35. The molecule has 2 unspecified atom stereocenters. The highest BCUT2D eigenvalue weighted by Gasteiger charge is 2.20. The molecule has 3 heteroatoms. The SMILES string of the molecule is CC(CO)C1COCCO1. The van der Waals surface area contributed by atoms with E-state index < -0.39 is 0 Å². The maximum atomic E-state index is 8.75. The molecule has 1 N–H and O–H groups in total. The Hall–Kier alpha value is -0.120. The number of rotatable bonds is 2. The van der Waals surface area contributed by atoms with Gasteiger partial charge in [-0.1, -0.05) is 6.92 Å². The van der Waals surface area contributed by atoms with Gasteiger partial charge in [-0.25, -0.2) is 0 Å². The van der Waals surface area contributed by atoms with E-state index in [1.807, 2.05) is 6.92 Å². The Labute approximate surface area is 60.9 Å². The average Bonchev–Trinajstić information content (AvgIpc) is 2.05. The number of ether oxygens (including phenoxy) is 2. The van der Waals surface area contributed by atoms with Gasteiger partial charge in [0.05, 0.1) is 25.9 Å². The first-order chi connectivity index (χ1) is 4.84. The Morgan fingerprint density at radius 3 is 2.90 bits per heavy atom. The summed E-state index contributed by atoms with van der Waals surface area (Å²) in [4.78, 5) is 0. The van der Waals surface area contributed by atoms with Gasteiger partial charge in [0.15, 0.2) is 0 Å². The summed E-state index contributed by atoms with van der Waals surface area (Å²) in [6.07, 6.45) is 0.0961. The van der Waals surface area contributed by atoms with Crippen LogP contribution in [0, 0.1) is 5.92 Å². The van der Waals surface area contributed by atoms with Crippen LogP contribution in [-0.4, -0.2) is 37.6 Å². The molecule has 0 aromatic heterocycles. The molecule has 0 amide bonds. The van der Waals surface area contributed by atoms with Crippen LogP contribution in [0.2, 0.25) is 0 Å². The van der Waals surface area contributed by atoms with Crippen LogP contribution in [0.25, 0.3) is 0 Å². The minimum absolute atomic E-state index is 0.0961. The normalized spacial score (nSPS) is 30.0. The lowest BCUT2D eigenvalue weighted by Gasteiger charge is -2.26. The van der Waals surface area contributed by atoms with Gasteiger partial charge in [0.2, 0.25) is 0 Å². The van der Waals surface area contributed by atoms with Gasteiger partial charge in [0.1, 0.15) is 0 Å². The van der Waals surface area contributed by atoms with Crippen molar-refractivity contribution in [2.24, 2.45) is 5.92 Å². The van der Waals surface area contributed by atoms with Crippen molar-refractivity contribution in [2.45, 2.75) is 13.0 Å². The van der Waals surface area contributed by atoms with E-state index in [0.717, 1.165) is 0 Å². The largest absolute Gasteiger partial charge is 0.396 e. The first-order valence-electron chi connectivity index (χ1n) is 3.65. The lowest BCUT2D eigenvalue weighted by atomic mass is 10.1. The third kappa shape index (κ3) is 1.94. The van der Waals surface area contributed by atoms with Crippen molar-refractivity contribution in [3.63, 3.8) is 0 Å². The minimum Gasteiger partial charge on any atom is -0.396 e. The van der Waals surface area contributed by atoms with E-state index in [-0.39, 0.29) is 18.6 Å². The topological polar surface area (TPSA) is 38.7 Å². The van der Waals surface area contributed by atoms with Crippen LogP contribution in [0.5, 0.6) is 0 Å². The van der Waals surface area contributed by atoms with Gasteiger partial charge >= 0.3 is 0 Å². The van der Waals surface area contributed by atoms with Gasteiger partial charge in [-0.2, -0.15) is 0 Å². The molecule has 0 radical (unpaired) electrons. The monoisotopic (exact) mass is 146 g/mol. The molecule has 1 saturated heterocycles. The highest BCUT2D eigenvalue weighted by Crippen LogP contribution is 2.10. The summed E-state index contributed by atoms with van der Waals surface area (Å²) in [6.45, 7) is 4.11. The summed E-state index contributed by atoms with van der Waals surface area (Å²) >= 11 is 0. The van der Waals surface area contributed by atoms with E-state index in [1.165, 1.54) is 0 Å². The molecule has 0 saturated carbocycles. The lowest BCUT2D eigenvalue weighted by molar-refractivity contribution is -0.114. The zero-order valence-electron chi connectivity index (χ0n) is 6.25. The minimum atomic E-state index is 0.0961. The van der Waals surface area contributed by atoms with E-state index in [2.05, 4.69) is 0 Å². The van der Waals surface area contributed by atoms with Gasteiger partial charge in [-0.3, -0.25) is 0 Å². The Morgan fingerprint density at radius 1 is 1.60 bits per heavy atom. The predicted octanol–water partition coefficient (Wildman–Crippen LogP) is 0.0302. The molecule has 0 aromatic rings. The molecule has 0 aromatic carbocycles. The molecule has 1 fully saturated rings. The van der Waals surface area contributed by atoms with Gasteiger partial charge < -0.3 is 14.6 Å². The fourth-order valence-corrected chi connectivity index (χ4v) is 0.952. The van der Waals surface area contributed by atoms with Crippen molar-refractivity contribution in [1.29, 1.82) is 0 Å². The number of hydrogen-bond acceptors (Lipinski definition) is 3. The van der Waals surface area contributed by atoms with Gasteiger partial charge in [-0.15, -0.1) is 0 Å². The third-order valence-corrected chi connectivity index (χ3v) is 1.76. The Kier molecular flexibility index (Phi) is 3.12. The third-order valence-electron chi connectivity index (χ3n) is 1.76. The fourth-order valence-electron chi connectivity index (χ4n) is 0.952. The van der Waals surface area contributed by atoms with E-state index in [0.29, 0.717) is 19.8 Å². The smallest absolute Gasteiger partial charge is 0.0856 e. The Balaban J connectivity index is 2.24. The molecular formula is C7H14O3. The van der Waals surface area contributed by atoms with Crippen molar-refractivity contribution < 1.29 is 14.6 Å². The van der Waals surface area contributed by atoms with Crippen LogP contribution in [0.1, 0.15) is 6.92 Å². The summed E-state index contributed by atoms with van der Waals surface area (Å²) in [5, 5.41) is 8.75. The molecular weight excluding hydrogens is 132 g/mol. The van der Waals surface area contributed by atoms with Gasteiger partial charge in [-0.05, 0) is 0 Å². The predicted molar refractivity (Wildman–Crippen MR) is 36.8 cm³/mol. The van der Waals surface area contributed by atoms with Crippen molar-refractivity contribution in [3.05, 3.63) is 0 Å². The fraction of sp³-hybridized carbons (Fsp3) is 1.00. The summed E-state index contributed by atoms with van der Waals surface area (Å²) in [5.74, 6) is 0.195. The second-order valence-electron chi connectivity index (χ2n) is 2.64. The van der Waals surface area contributed by atoms with Gasteiger partial charge in [0.25, 0.3) is 0 Å². The Morgan fingerprint density at radius 2 is 2.40 bits per heavy atom. The maximum absolute atomic E-state index is 8.75. The standard InChI is InChI=1S/C7H14O3/c1-6(4-8)7-5-9-2-3-10-7/h6-8H,2-5H2,1H3. The van der Waals surface area contributed by atoms with Crippen LogP contribution in [0.15, 0.2) is 0 Å².